The standard InChI is InChI=1S/C24H14FN7O2/c25-18-9-16(20-7-8-27-31(20)13-15-3-1-14(12-26)2-4-15)10-21-23(18)29-30-32(21)17-5-6-22-19(11-17)28-24(33)34-22/h1-11H,13H2,(H,28,33). The Labute approximate surface area is 190 Å². The molecule has 0 amide bonds. The van der Waals surface area contributed by atoms with Crippen molar-refractivity contribution < 1.29 is 8.81 Å². The van der Waals surface area contributed by atoms with Crippen molar-refractivity contribution in [3.05, 3.63) is 94.4 Å². The molecule has 164 valence electrons. The maximum absolute atomic E-state index is 15.0. The molecule has 0 atom stereocenters. The Morgan fingerprint density at radius 1 is 1.09 bits per heavy atom. The number of nitrogens with zero attached hydrogens (tertiary/aromatic N) is 6. The fraction of sp³-hybridized carbons (Fsp3) is 0.0417. The fourth-order valence-corrected chi connectivity index (χ4v) is 3.95. The van der Waals surface area contributed by atoms with Crippen molar-refractivity contribution in [2.45, 2.75) is 6.54 Å². The Kier molecular flexibility index (Phi) is 4.35. The first kappa shape index (κ1) is 19.6. The minimum Gasteiger partial charge on any atom is -0.408 e. The van der Waals surface area contributed by atoms with Gasteiger partial charge in [-0.05, 0) is 54.1 Å². The minimum atomic E-state index is -0.556. The normalized spacial score (nSPS) is 11.3. The Bertz CT molecular complexity index is 1780. The zero-order valence-corrected chi connectivity index (χ0v) is 17.4. The maximum Gasteiger partial charge on any atom is 0.417 e. The first-order valence-electron chi connectivity index (χ1n) is 10.3. The summed E-state index contributed by atoms with van der Waals surface area (Å²) < 4.78 is 23.3. The number of aromatic amines is 1. The lowest BCUT2D eigenvalue weighted by molar-refractivity contribution is 0.555. The van der Waals surface area contributed by atoms with Gasteiger partial charge in [-0.15, -0.1) is 5.10 Å². The van der Waals surface area contributed by atoms with Crippen LogP contribution in [0.15, 0.2) is 76.1 Å². The Hall–Kier alpha value is -5.04. The number of oxazole rings is 1. The van der Waals surface area contributed by atoms with Gasteiger partial charge in [0.05, 0.1) is 40.6 Å². The first-order valence-corrected chi connectivity index (χ1v) is 10.3. The topological polar surface area (TPSA) is 118 Å². The lowest BCUT2D eigenvalue weighted by Crippen LogP contribution is -2.04. The van der Waals surface area contributed by atoms with Crippen LogP contribution in [0.2, 0.25) is 0 Å². The molecule has 0 spiro atoms. The molecule has 0 saturated heterocycles. The van der Waals surface area contributed by atoms with Crippen LogP contribution in [-0.2, 0) is 6.54 Å². The van der Waals surface area contributed by atoms with Gasteiger partial charge in [-0.1, -0.05) is 17.3 Å². The third kappa shape index (κ3) is 3.23. The number of H-pyrrole nitrogens is 1. The van der Waals surface area contributed by atoms with E-state index in [2.05, 4.69) is 26.5 Å². The molecule has 6 rings (SSSR count). The van der Waals surface area contributed by atoms with E-state index >= 15 is 4.39 Å². The SMILES string of the molecule is N#Cc1ccc(Cn2nccc2-c2cc(F)c3nnn(-c4ccc5oc(=O)[nH]c5c4)c3c2)cc1. The number of nitriles is 1. The summed E-state index contributed by atoms with van der Waals surface area (Å²) in [6.45, 7) is 0.454. The molecule has 0 fully saturated rings. The van der Waals surface area contributed by atoms with Gasteiger partial charge in [-0.25, -0.2) is 13.9 Å². The summed E-state index contributed by atoms with van der Waals surface area (Å²) in [6, 6.07) is 19.4. The third-order valence-corrected chi connectivity index (χ3v) is 5.58. The fourth-order valence-electron chi connectivity index (χ4n) is 3.95. The number of rotatable bonds is 4. The molecule has 0 bridgehead atoms. The van der Waals surface area contributed by atoms with Crippen LogP contribution in [0.1, 0.15) is 11.1 Å². The highest BCUT2D eigenvalue weighted by atomic mass is 19.1. The van der Waals surface area contributed by atoms with E-state index in [-0.39, 0.29) is 5.52 Å². The van der Waals surface area contributed by atoms with Gasteiger partial charge in [0.15, 0.2) is 11.4 Å². The van der Waals surface area contributed by atoms with Crippen molar-refractivity contribution in [2.24, 2.45) is 0 Å². The molecular weight excluding hydrogens is 437 g/mol. The van der Waals surface area contributed by atoms with E-state index in [9.17, 15) is 4.79 Å². The molecule has 0 saturated carbocycles. The van der Waals surface area contributed by atoms with Crippen LogP contribution in [0, 0.1) is 17.1 Å². The zero-order chi connectivity index (χ0) is 23.2. The molecule has 1 N–H and O–H groups in total. The van der Waals surface area contributed by atoms with Gasteiger partial charge in [0.1, 0.15) is 5.52 Å². The van der Waals surface area contributed by atoms with Gasteiger partial charge in [-0.3, -0.25) is 9.67 Å². The van der Waals surface area contributed by atoms with Crippen LogP contribution in [0.3, 0.4) is 0 Å². The van der Waals surface area contributed by atoms with Crippen LogP contribution >= 0.6 is 0 Å². The number of halogens is 1. The molecule has 3 aromatic carbocycles. The molecule has 3 heterocycles. The van der Waals surface area contributed by atoms with E-state index < -0.39 is 11.6 Å². The van der Waals surface area contributed by atoms with E-state index in [0.717, 1.165) is 5.56 Å². The number of hydrogen-bond acceptors (Lipinski definition) is 6. The maximum atomic E-state index is 15.0. The van der Waals surface area contributed by atoms with Crippen molar-refractivity contribution in [1.82, 2.24) is 29.8 Å². The Balaban J connectivity index is 1.43. The van der Waals surface area contributed by atoms with Crippen LogP contribution in [0.4, 0.5) is 4.39 Å². The van der Waals surface area contributed by atoms with Gasteiger partial charge in [0.25, 0.3) is 0 Å². The van der Waals surface area contributed by atoms with Crippen LogP contribution in [0.25, 0.3) is 39.1 Å². The molecule has 3 aromatic heterocycles. The second kappa shape index (κ2) is 7.53. The monoisotopic (exact) mass is 451 g/mol. The first-order chi connectivity index (χ1) is 16.6. The number of hydrogen-bond donors (Lipinski definition) is 1. The molecular formula is C24H14FN7O2. The predicted molar refractivity (Wildman–Crippen MR) is 121 cm³/mol. The summed E-state index contributed by atoms with van der Waals surface area (Å²) in [4.78, 5) is 14.1. The zero-order valence-electron chi connectivity index (χ0n) is 17.4. The quantitative estimate of drug-likeness (QED) is 0.436. The summed E-state index contributed by atoms with van der Waals surface area (Å²) in [5, 5.41) is 21.5. The molecule has 10 heteroatoms. The molecule has 34 heavy (non-hydrogen) atoms. The number of aromatic nitrogens is 6. The van der Waals surface area contributed by atoms with Gasteiger partial charge in [0, 0.05) is 11.8 Å². The van der Waals surface area contributed by atoms with Crippen LogP contribution < -0.4 is 5.76 Å². The smallest absolute Gasteiger partial charge is 0.408 e. The molecule has 0 aliphatic rings. The van der Waals surface area contributed by atoms with Gasteiger partial charge in [0.2, 0.25) is 0 Å². The molecule has 0 aliphatic heterocycles. The second-order valence-electron chi connectivity index (χ2n) is 7.70. The average molecular weight is 451 g/mol. The number of fused-ring (bicyclic) bond motifs is 2. The van der Waals surface area contributed by atoms with Gasteiger partial charge < -0.3 is 4.42 Å². The summed E-state index contributed by atoms with van der Waals surface area (Å²) >= 11 is 0. The molecule has 9 nitrogen and oxygen atoms in total. The molecule has 0 aliphatic carbocycles. The van der Waals surface area contributed by atoms with E-state index in [1.807, 2.05) is 12.1 Å². The van der Waals surface area contributed by atoms with Crippen molar-refractivity contribution >= 4 is 22.1 Å². The van der Waals surface area contributed by atoms with E-state index in [1.165, 1.54) is 10.7 Å². The van der Waals surface area contributed by atoms with Crippen molar-refractivity contribution in [3.63, 3.8) is 0 Å². The predicted octanol–water partition coefficient (Wildman–Crippen LogP) is 3.78. The Morgan fingerprint density at radius 3 is 2.76 bits per heavy atom. The van der Waals surface area contributed by atoms with E-state index in [0.29, 0.717) is 45.7 Å². The highest BCUT2D eigenvalue weighted by Gasteiger charge is 2.16. The second-order valence-corrected chi connectivity index (χ2v) is 7.70. The van der Waals surface area contributed by atoms with Crippen LogP contribution in [-0.4, -0.2) is 29.8 Å². The van der Waals surface area contributed by atoms with Crippen molar-refractivity contribution in [1.29, 1.82) is 5.26 Å². The summed E-state index contributed by atoms with van der Waals surface area (Å²) in [6.07, 6.45) is 1.65. The summed E-state index contributed by atoms with van der Waals surface area (Å²) in [5.74, 6) is -1.07. The van der Waals surface area contributed by atoms with Gasteiger partial charge in [-0.2, -0.15) is 10.4 Å². The number of nitrogens with one attached hydrogen (secondary N) is 1. The number of benzene rings is 3. The minimum absolute atomic E-state index is 0.127. The third-order valence-electron chi connectivity index (χ3n) is 5.58. The van der Waals surface area contributed by atoms with Gasteiger partial charge >= 0.3 is 5.76 Å². The Morgan fingerprint density at radius 2 is 1.94 bits per heavy atom. The van der Waals surface area contributed by atoms with Crippen LogP contribution in [0.5, 0.6) is 0 Å². The van der Waals surface area contributed by atoms with Crippen molar-refractivity contribution in [3.8, 4) is 23.0 Å². The highest BCUT2D eigenvalue weighted by molar-refractivity contribution is 5.84. The van der Waals surface area contributed by atoms with Crippen molar-refractivity contribution in [2.75, 3.05) is 0 Å². The largest absolute Gasteiger partial charge is 0.417 e. The highest BCUT2D eigenvalue weighted by Crippen LogP contribution is 2.28. The molecule has 0 unspecified atom stereocenters. The molecule has 0 radical (unpaired) electrons. The summed E-state index contributed by atoms with van der Waals surface area (Å²) in [7, 11) is 0. The average Bonchev–Trinajstić information content (AvgIpc) is 3.56. The lowest BCUT2D eigenvalue weighted by atomic mass is 10.1. The van der Waals surface area contributed by atoms with E-state index in [1.54, 1.807) is 53.3 Å². The summed E-state index contributed by atoms with van der Waals surface area (Å²) in [5.41, 5.74) is 4.96. The lowest BCUT2D eigenvalue weighted by Gasteiger charge is -2.09. The molecule has 6 aromatic rings. The van der Waals surface area contributed by atoms with E-state index in [4.69, 9.17) is 9.68 Å².